The zero-order valence-corrected chi connectivity index (χ0v) is 45.2. The lowest BCUT2D eigenvalue weighted by atomic mass is 10.1. The van der Waals surface area contributed by atoms with E-state index in [0.717, 1.165) is 116 Å². The minimum Gasteiger partial charge on any atom is -0.462 e. The van der Waals surface area contributed by atoms with Crippen molar-refractivity contribution < 1.29 is 28.6 Å². The van der Waals surface area contributed by atoms with Gasteiger partial charge >= 0.3 is 17.9 Å². The van der Waals surface area contributed by atoms with Gasteiger partial charge in [-0.25, -0.2) is 0 Å². The maximum Gasteiger partial charge on any atom is 0.306 e. The normalized spacial score (nSPS) is 13.0. The summed E-state index contributed by atoms with van der Waals surface area (Å²) in [5.74, 6) is -0.982. The van der Waals surface area contributed by atoms with Crippen LogP contribution in [0.2, 0.25) is 0 Å². The summed E-state index contributed by atoms with van der Waals surface area (Å²) < 4.78 is 16.8. The van der Waals surface area contributed by atoms with Crippen LogP contribution in [0.25, 0.3) is 0 Å². The Morgan fingerprint density at radius 1 is 0.300 bits per heavy atom. The molecule has 0 heterocycles. The van der Waals surface area contributed by atoms with E-state index in [0.29, 0.717) is 19.3 Å². The van der Waals surface area contributed by atoms with Crippen LogP contribution in [0.1, 0.15) is 245 Å². The highest BCUT2D eigenvalue weighted by atomic mass is 16.6. The van der Waals surface area contributed by atoms with Crippen LogP contribution in [-0.2, 0) is 28.6 Å². The lowest BCUT2D eigenvalue weighted by Gasteiger charge is -2.18. The van der Waals surface area contributed by atoms with Crippen molar-refractivity contribution in [3.8, 4) is 0 Å². The van der Waals surface area contributed by atoms with Gasteiger partial charge in [0, 0.05) is 19.3 Å². The number of esters is 3. The van der Waals surface area contributed by atoms with Crippen LogP contribution in [0.4, 0.5) is 0 Å². The number of carbonyl (C=O) groups is 3. The van der Waals surface area contributed by atoms with Gasteiger partial charge < -0.3 is 14.2 Å². The molecule has 70 heavy (non-hydrogen) atoms. The molecular weight excluding hydrogens is 865 g/mol. The van der Waals surface area contributed by atoms with E-state index in [1.807, 2.05) is 0 Å². The average molecular weight is 970 g/mol. The van der Waals surface area contributed by atoms with Crippen molar-refractivity contribution in [1.82, 2.24) is 0 Å². The zero-order valence-electron chi connectivity index (χ0n) is 45.2. The van der Waals surface area contributed by atoms with Crippen molar-refractivity contribution in [3.05, 3.63) is 122 Å². The molecule has 0 aliphatic rings. The smallest absolute Gasteiger partial charge is 0.306 e. The number of ether oxygens (including phenoxy) is 3. The minimum atomic E-state index is -0.810. The molecule has 0 aromatic carbocycles. The Labute approximate surface area is 431 Å². The number of rotatable bonds is 50. The van der Waals surface area contributed by atoms with Crippen molar-refractivity contribution >= 4 is 17.9 Å². The third kappa shape index (κ3) is 54.7. The molecule has 6 nitrogen and oxygen atoms in total. The fourth-order valence-corrected chi connectivity index (χ4v) is 7.44. The third-order valence-corrected chi connectivity index (χ3v) is 11.7. The fourth-order valence-electron chi connectivity index (χ4n) is 7.44. The molecule has 0 saturated carbocycles. The molecule has 0 aliphatic heterocycles. The third-order valence-electron chi connectivity index (χ3n) is 11.7. The Balaban J connectivity index is 4.46. The van der Waals surface area contributed by atoms with Gasteiger partial charge in [-0.2, -0.15) is 0 Å². The van der Waals surface area contributed by atoms with Gasteiger partial charge in [0.25, 0.3) is 0 Å². The second kappa shape index (κ2) is 57.4. The maximum atomic E-state index is 12.8. The molecule has 0 aliphatic carbocycles. The fraction of sp³-hybridized carbons (Fsp3) is 0.641. The molecule has 0 spiro atoms. The number of allylic oxidation sites excluding steroid dienone is 20. The van der Waals surface area contributed by atoms with Crippen molar-refractivity contribution in [2.24, 2.45) is 0 Å². The summed E-state index contributed by atoms with van der Waals surface area (Å²) in [6, 6.07) is 0. The quantitative estimate of drug-likeness (QED) is 0.0262. The highest BCUT2D eigenvalue weighted by molar-refractivity contribution is 5.71. The number of carbonyl (C=O) groups excluding carboxylic acids is 3. The van der Waals surface area contributed by atoms with Gasteiger partial charge in [-0.3, -0.25) is 14.4 Å². The number of hydrogen-bond acceptors (Lipinski definition) is 6. The SMILES string of the molecule is CC/C=C\C/C=C\C/C=C\C/C=C\C/C=C\C/C=C\C/C=C\CCCC(=O)OCC(COC(=O)CCCCCCCCCCCC)OC(=O)CCCCCCCC/C=C\C/C=C\C/C=C\CCCCC. The van der Waals surface area contributed by atoms with Gasteiger partial charge in [-0.1, -0.05) is 239 Å². The Bertz CT molecular complexity index is 1490. The largest absolute Gasteiger partial charge is 0.462 e. The van der Waals surface area contributed by atoms with E-state index in [1.165, 1.54) is 83.5 Å². The van der Waals surface area contributed by atoms with Crippen molar-refractivity contribution in [2.45, 2.75) is 252 Å². The molecule has 1 atom stereocenters. The molecule has 0 rings (SSSR count). The van der Waals surface area contributed by atoms with Crippen LogP contribution in [0.3, 0.4) is 0 Å². The molecule has 396 valence electrons. The standard InChI is InChI=1S/C64H104O6/c1-4-7-10-13-16-19-22-24-26-28-30-31-32-33-35-36-38-40-42-45-48-51-54-57-63(66)69-60-61(59-68-62(65)56-53-50-47-44-21-18-15-12-9-6-3)70-64(67)58-55-52-49-46-43-41-39-37-34-29-27-25-23-20-17-14-11-8-5-2/h7,10,16-17,19-20,24-27,30-31,33-35,37-38,40,45,48,61H,4-6,8-9,11-15,18,21-23,28-29,32,36,39,41-44,46-47,49-60H2,1-3H3/b10-7-,19-16-,20-17-,26-24-,27-25-,31-30-,35-33-,37-34-,40-38-,48-45-. The Morgan fingerprint density at radius 3 is 0.957 bits per heavy atom. The van der Waals surface area contributed by atoms with Crippen LogP contribution in [0.5, 0.6) is 0 Å². The first kappa shape index (κ1) is 65.8. The summed E-state index contributed by atoms with van der Waals surface area (Å²) in [6.07, 6.45) is 79.1. The number of hydrogen-bond donors (Lipinski definition) is 0. The van der Waals surface area contributed by atoms with Gasteiger partial charge in [0.2, 0.25) is 0 Å². The predicted molar refractivity (Wildman–Crippen MR) is 302 cm³/mol. The Kier molecular flexibility index (Phi) is 54.0. The highest BCUT2D eigenvalue weighted by Crippen LogP contribution is 2.14. The lowest BCUT2D eigenvalue weighted by Crippen LogP contribution is -2.30. The van der Waals surface area contributed by atoms with Crippen LogP contribution in [-0.4, -0.2) is 37.2 Å². The van der Waals surface area contributed by atoms with Gasteiger partial charge in [-0.05, 0) is 109 Å². The molecule has 0 aromatic heterocycles. The lowest BCUT2D eigenvalue weighted by molar-refractivity contribution is -0.167. The van der Waals surface area contributed by atoms with Crippen molar-refractivity contribution in [3.63, 3.8) is 0 Å². The summed E-state index contributed by atoms with van der Waals surface area (Å²) in [5, 5.41) is 0. The van der Waals surface area contributed by atoms with Gasteiger partial charge in [0.05, 0.1) is 0 Å². The van der Waals surface area contributed by atoms with E-state index in [2.05, 4.69) is 142 Å². The number of unbranched alkanes of at least 4 members (excludes halogenated alkanes) is 19. The van der Waals surface area contributed by atoms with E-state index in [1.54, 1.807) is 0 Å². The van der Waals surface area contributed by atoms with E-state index >= 15 is 0 Å². The maximum absolute atomic E-state index is 12.8. The van der Waals surface area contributed by atoms with E-state index in [-0.39, 0.29) is 37.5 Å². The topological polar surface area (TPSA) is 78.9 Å². The summed E-state index contributed by atoms with van der Waals surface area (Å²) >= 11 is 0. The Morgan fingerprint density at radius 2 is 0.571 bits per heavy atom. The van der Waals surface area contributed by atoms with E-state index in [9.17, 15) is 14.4 Å². The Hall–Kier alpha value is -4.19. The van der Waals surface area contributed by atoms with E-state index < -0.39 is 6.10 Å². The summed E-state index contributed by atoms with van der Waals surface area (Å²) in [7, 11) is 0. The molecule has 0 N–H and O–H groups in total. The highest BCUT2D eigenvalue weighted by Gasteiger charge is 2.19. The first-order valence-corrected chi connectivity index (χ1v) is 28.5. The van der Waals surface area contributed by atoms with Crippen LogP contribution < -0.4 is 0 Å². The monoisotopic (exact) mass is 969 g/mol. The summed E-state index contributed by atoms with van der Waals surface area (Å²) in [5.41, 5.74) is 0. The van der Waals surface area contributed by atoms with Gasteiger partial charge in [0.15, 0.2) is 6.10 Å². The zero-order chi connectivity index (χ0) is 50.7. The molecule has 0 amide bonds. The molecule has 1 unspecified atom stereocenters. The van der Waals surface area contributed by atoms with E-state index in [4.69, 9.17) is 14.2 Å². The summed E-state index contributed by atoms with van der Waals surface area (Å²) in [6.45, 7) is 6.42. The van der Waals surface area contributed by atoms with Crippen molar-refractivity contribution in [1.29, 1.82) is 0 Å². The predicted octanol–water partition coefficient (Wildman–Crippen LogP) is 19.3. The van der Waals surface area contributed by atoms with Crippen molar-refractivity contribution in [2.75, 3.05) is 13.2 Å². The summed E-state index contributed by atoms with van der Waals surface area (Å²) in [4.78, 5) is 38.1. The van der Waals surface area contributed by atoms with Gasteiger partial charge in [0.1, 0.15) is 13.2 Å². The average Bonchev–Trinajstić information content (AvgIpc) is 3.36. The molecule has 0 radical (unpaired) electrons. The molecule has 6 heteroatoms. The first-order valence-electron chi connectivity index (χ1n) is 28.5. The second-order valence-corrected chi connectivity index (χ2v) is 18.5. The molecule has 0 saturated heterocycles. The molecular formula is C64H104O6. The second-order valence-electron chi connectivity index (χ2n) is 18.5. The molecule has 0 fully saturated rings. The first-order chi connectivity index (χ1) is 34.5. The minimum absolute atomic E-state index is 0.103. The van der Waals surface area contributed by atoms with Crippen LogP contribution in [0, 0.1) is 0 Å². The van der Waals surface area contributed by atoms with Gasteiger partial charge in [-0.15, -0.1) is 0 Å². The molecule has 0 aromatic rings. The molecule has 0 bridgehead atoms. The van der Waals surface area contributed by atoms with Crippen LogP contribution in [0.15, 0.2) is 122 Å². The van der Waals surface area contributed by atoms with Crippen LogP contribution >= 0.6 is 0 Å².